The molecule has 0 N–H and O–H groups in total. The van der Waals surface area contributed by atoms with Gasteiger partial charge >= 0.3 is 0 Å². The molecule has 0 aromatic rings. The van der Waals surface area contributed by atoms with E-state index in [1.54, 1.807) is 0 Å². The first-order valence-corrected chi connectivity index (χ1v) is 4.46. The van der Waals surface area contributed by atoms with E-state index in [4.69, 9.17) is 0 Å². The van der Waals surface area contributed by atoms with Crippen LogP contribution in [0.2, 0.25) is 0 Å². The zero-order valence-corrected chi connectivity index (χ0v) is 8.46. The van der Waals surface area contributed by atoms with Crippen molar-refractivity contribution in [1.82, 2.24) is 4.90 Å². The molecule has 1 heteroatoms. The molecule has 0 saturated carbocycles. The summed E-state index contributed by atoms with van der Waals surface area (Å²) >= 11 is 0. The van der Waals surface area contributed by atoms with Crippen LogP contribution in [0.25, 0.3) is 0 Å². The summed E-state index contributed by atoms with van der Waals surface area (Å²) in [4.78, 5) is 2.37. The fourth-order valence-corrected chi connectivity index (χ4v) is 1.06. The van der Waals surface area contributed by atoms with Gasteiger partial charge in [0.25, 0.3) is 0 Å². The van der Waals surface area contributed by atoms with Crippen LogP contribution in [0, 0.1) is 5.92 Å². The average molecular weight is 155 g/mol. The molecule has 1 nitrogen and oxygen atoms in total. The molecule has 0 aromatic carbocycles. The highest BCUT2D eigenvalue weighted by Gasteiger charge is 2.04. The zero-order valence-electron chi connectivity index (χ0n) is 8.46. The number of hydrogen-bond acceptors (Lipinski definition) is 1. The second kappa shape index (κ2) is 5.22. The van der Waals surface area contributed by atoms with Crippen molar-refractivity contribution in [2.45, 2.75) is 40.7 Å². The molecule has 0 atom stereocenters. The smallest absolute Gasteiger partial charge is 0.0227 e. The van der Waals surface area contributed by atoms with Crippen molar-refractivity contribution in [1.29, 1.82) is 0 Å². The predicted octanol–water partition coefficient (Wildman–Crippen LogP) is 2.89. The fourth-order valence-electron chi connectivity index (χ4n) is 1.06. The molecule has 0 spiro atoms. The minimum absolute atomic E-state index is 0.619. The zero-order chi connectivity index (χ0) is 8.85. The maximum Gasteiger partial charge on any atom is 0.0227 e. The SMILES string of the molecule is C/C=C\N(CC(C)C)C(C)C. The lowest BCUT2D eigenvalue weighted by molar-refractivity contribution is 0.277. The minimum Gasteiger partial charge on any atom is -0.375 e. The van der Waals surface area contributed by atoms with E-state index in [1.165, 1.54) is 0 Å². The highest BCUT2D eigenvalue weighted by molar-refractivity contribution is 4.81. The second-order valence-corrected chi connectivity index (χ2v) is 3.67. The first-order chi connectivity index (χ1) is 5.07. The van der Waals surface area contributed by atoms with E-state index in [-0.39, 0.29) is 0 Å². The Morgan fingerprint density at radius 1 is 1.18 bits per heavy atom. The molecule has 0 unspecified atom stereocenters. The van der Waals surface area contributed by atoms with Gasteiger partial charge in [0.1, 0.15) is 0 Å². The summed E-state index contributed by atoms with van der Waals surface area (Å²) < 4.78 is 0. The highest BCUT2D eigenvalue weighted by Crippen LogP contribution is 2.04. The van der Waals surface area contributed by atoms with E-state index >= 15 is 0 Å². The average Bonchev–Trinajstić information content (AvgIpc) is 1.86. The van der Waals surface area contributed by atoms with E-state index in [1.807, 2.05) is 0 Å². The van der Waals surface area contributed by atoms with E-state index < -0.39 is 0 Å². The second-order valence-electron chi connectivity index (χ2n) is 3.67. The van der Waals surface area contributed by atoms with Crippen LogP contribution in [-0.2, 0) is 0 Å². The van der Waals surface area contributed by atoms with Crippen molar-refractivity contribution in [3.8, 4) is 0 Å². The number of hydrogen-bond donors (Lipinski definition) is 0. The van der Waals surface area contributed by atoms with Gasteiger partial charge in [-0.3, -0.25) is 0 Å². The van der Waals surface area contributed by atoms with Crippen molar-refractivity contribution in [2.24, 2.45) is 5.92 Å². The van der Waals surface area contributed by atoms with Crippen LogP contribution in [0.3, 0.4) is 0 Å². The lowest BCUT2D eigenvalue weighted by atomic mass is 10.2. The van der Waals surface area contributed by atoms with E-state index in [0.29, 0.717) is 6.04 Å². The van der Waals surface area contributed by atoms with Gasteiger partial charge in [0.05, 0.1) is 0 Å². The summed E-state index contributed by atoms with van der Waals surface area (Å²) in [5, 5.41) is 0. The van der Waals surface area contributed by atoms with Gasteiger partial charge in [-0.1, -0.05) is 19.9 Å². The van der Waals surface area contributed by atoms with E-state index in [2.05, 4.69) is 51.8 Å². The third-order valence-electron chi connectivity index (χ3n) is 1.58. The van der Waals surface area contributed by atoms with Gasteiger partial charge in [0, 0.05) is 12.6 Å². The van der Waals surface area contributed by atoms with Crippen LogP contribution >= 0.6 is 0 Å². The third kappa shape index (κ3) is 4.88. The van der Waals surface area contributed by atoms with Crippen LogP contribution < -0.4 is 0 Å². The molecule has 0 radical (unpaired) electrons. The largest absolute Gasteiger partial charge is 0.375 e. The maximum atomic E-state index is 2.37. The standard InChI is InChI=1S/C10H21N/c1-6-7-11(10(4)5)8-9(2)3/h6-7,9-10H,8H2,1-5H3/b7-6-. The third-order valence-corrected chi connectivity index (χ3v) is 1.58. The topological polar surface area (TPSA) is 3.24 Å². The summed E-state index contributed by atoms with van der Waals surface area (Å²) in [5.41, 5.74) is 0. The summed E-state index contributed by atoms with van der Waals surface area (Å²) in [6.07, 6.45) is 4.27. The molecule has 0 aliphatic carbocycles. The van der Waals surface area contributed by atoms with Gasteiger partial charge in [-0.15, -0.1) is 0 Å². The first-order valence-electron chi connectivity index (χ1n) is 4.46. The van der Waals surface area contributed by atoms with Crippen molar-refractivity contribution in [2.75, 3.05) is 6.54 Å². The lowest BCUT2D eigenvalue weighted by Gasteiger charge is -2.26. The molecule has 0 bridgehead atoms. The van der Waals surface area contributed by atoms with Gasteiger partial charge in [-0.2, -0.15) is 0 Å². The normalized spacial score (nSPS) is 11.9. The molecule has 0 saturated heterocycles. The summed E-state index contributed by atoms with van der Waals surface area (Å²) in [6, 6.07) is 0.619. The molecule has 0 rings (SSSR count). The Balaban J connectivity index is 3.89. The van der Waals surface area contributed by atoms with Gasteiger partial charge in [0.15, 0.2) is 0 Å². The van der Waals surface area contributed by atoms with Crippen molar-refractivity contribution < 1.29 is 0 Å². The van der Waals surface area contributed by atoms with Crippen molar-refractivity contribution in [3.05, 3.63) is 12.3 Å². The first kappa shape index (κ1) is 10.5. The van der Waals surface area contributed by atoms with Crippen molar-refractivity contribution >= 4 is 0 Å². The lowest BCUT2D eigenvalue weighted by Crippen LogP contribution is -2.28. The Bertz CT molecular complexity index is 114. The highest BCUT2D eigenvalue weighted by atomic mass is 15.1. The number of allylic oxidation sites excluding steroid dienone is 1. The summed E-state index contributed by atoms with van der Waals surface area (Å²) in [6.45, 7) is 12.2. The number of rotatable bonds is 4. The monoisotopic (exact) mass is 155 g/mol. The molecule has 0 aliphatic rings. The van der Waals surface area contributed by atoms with Crippen LogP contribution in [0.15, 0.2) is 12.3 Å². The predicted molar refractivity (Wildman–Crippen MR) is 51.5 cm³/mol. The fraction of sp³-hybridized carbons (Fsp3) is 0.800. The Labute approximate surface area is 71.1 Å². The maximum absolute atomic E-state index is 2.37. The van der Waals surface area contributed by atoms with Crippen LogP contribution in [0.5, 0.6) is 0 Å². The molecular weight excluding hydrogens is 134 g/mol. The Hall–Kier alpha value is -0.460. The van der Waals surface area contributed by atoms with Crippen LogP contribution in [0.1, 0.15) is 34.6 Å². The van der Waals surface area contributed by atoms with Gasteiger partial charge < -0.3 is 4.90 Å². The molecule has 0 heterocycles. The molecule has 66 valence electrons. The van der Waals surface area contributed by atoms with E-state index in [9.17, 15) is 0 Å². The van der Waals surface area contributed by atoms with Gasteiger partial charge in [-0.25, -0.2) is 0 Å². The minimum atomic E-state index is 0.619. The van der Waals surface area contributed by atoms with Gasteiger partial charge in [0.2, 0.25) is 0 Å². The molecule has 0 fully saturated rings. The quantitative estimate of drug-likeness (QED) is 0.603. The molecule has 0 aliphatic heterocycles. The summed E-state index contributed by atoms with van der Waals surface area (Å²) in [5.74, 6) is 0.744. The summed E-state index contributed by atoms with van der Waals surface area (Å²) in [7, 11) is 0. The Morgan fingerprint density at radius 3 is 2.00 bits per heavy atom. The van der Waals surface area contributed by atoms with Crippen molar-refractivity contribution in [3.63, 3.8) is 0 Å². The van der Waals surface area contributed by atoms with Gasteiger partial charge in [-0.05, 0) is 32.9 Å². The Kier molecular flexibility index (Phi) is 5.01. The molecular formula is C10H21N. The van der Waals surface area contributed by atoms with Crippen LogP contribution in [0.4, 0.5) is 0 Å². The number of nitrogens with zero attached hydrogens (tertiary/aromatic N) is 1. The molecule has 0 amide bonds. The van der Waals surface area contributed by atoms with Crippen LogP contribution in [-0.4, -0.2) is 17.5 Å². The Morgan fingerprint density at radius 2 is 1.73 bits per heavy atom. The molecule has 0 aromatic heterocycles. The molecule has 11 heavy (non-hydrogen) atoms. The van der Waals surface area contributed by atoms with E-state index in [0.717, 1.165) is 12.5 Å².